The lowest BCUT2D eigenvalue weighted by molar-refractivity contribution is -0.130. The molecule has 1 amide bonds. The number of H-pyrrole nitrogens is 1. The van der Waals surface area contributed by atoms with Gasteiger partial charge in [-0.2, -0.15) is 0 Å². The molecule has 23 heavy (non-hydrogen) atoms. The van der Waals surface area contributed by atoms with Crippen LogP contribution in [0.1, 0.15) is 50.8 Å². The van der Waals surface area contributed by atoms with Crippen molar-refractivity contribution in [2.24, 2.45) is 5.92 Å². The van der Waals surface area contributed by atoms with E-state index < -0.39 is 0 Å². The number of aromatic nitrogens is 2. The van der Waals surface area contributed by atoms with Crippen LogP contribution in [0.25, 0.3) is 10.2 Å². The standard InChI is InChI=1S/C17H23N3O2S/c1-20(15(21)8-7-12-5-3-2-4-6-12)11-14-18-13-9-10-23-16(13)17(22)19-14/h9-10,12H,2-8,11H2,1H3,(H,18,19,22). The van der Waals surface area contributed by atoms with E-state index in [1.54, 1.807) is 11.9 Å². The third-order valence-electron chi connectivity index (χ3n) is 4.67. The molecule has 1 saturated carbocycles. The van der Waals surface area contributed by atoms with Gasteiger partial charge in [0.05, 0.1) is 12.1 Å². The lowest BCUT2D eigenvalue weighted by Gasteiger charge is -2.22. The number of thiophene rings is 1. The van der Waals surface area contributed by atoms with Gasteiger partial charge in [-0.25, -0.2) is 4.98 Å². The van der Waals surface area contributed by atoms with Gasteiger partial charge >= 0.3 is 0 Å². The van der Waals surface area contributed by atoms with E-state index >= 15 is 0 Å². The first-order valence-electron chi connectivity index (χ1n) is 8.34. The van der Waals surface area contributed by atoms with Gasteiger partial charge < -0.3 is 9.88 Å². The Hall–Kier alpha value is -1.69. The van der Waals surface area contributed by atoms with Gasteiger partial charge in [-0.05, 0) is 23.8 Å². The summed E-state index contributed by atoms with van der Waals surface area (Å²) in [7, 11) is 1.78. The predicted octanol–water partition coefficient (Wildman–Crippen LogP) is 3.30. The summed E-state index contributed by atoms with van der Waals surface area (Å²) in [6.45, 7) is 0.352. The molecule has 0 saturated heterocycles. The fraction of sp³-hybridized carbons (Fsp3) is 0.588. The summed E-state index contributed by atoms with van der Waals surface area (Å²) in [4.78, 5) is 33.1. The van der Waals surface area contributed by atoms with E-state index in [9.17, 15) is 9.59 Å². The number of hydrogen-bond acceptors (Lipinski definition) is 4. The number of carbonyl (C=O) groups is 1. The van der Waals surface area contributed by atoms with Crippen molar-refractivity contribution in [2.45, 2.75) is 51.5 Å². The van der Waals surface area contributed by atoms with Crippen molar-refractivity contribution in [1.29, 1.82) is 0 Å². The van der Waals surface area contributed by atoms with Gasteiger partial charge in [0.1, 0.15) is 10.5 Å². The zero-order valence-corrected chi connectivity index (χ0v) is 14.3. The molecule has 0 aromatic carbocycles. The molecule has 1 N–H and O–H groups in total. The highest BCUT2D eigenvalue weighted by molar-refractivity contribution is 7.17. The molecule has 0 radical (unpaired) electrons. The van der Waals surface area contributed by atoms with E-state index in [4.69, 9.17) is 0 Å². The van der Waals surface area contributed by atoms with Crippen LogP contribution in [0.3, 0.4) is 0 Å². The van der Waals surface area contributed by atoms with E-state index in [1.165, 1.54) is 43.4 Å². The third-order valence-corrected chi connectivity index (χ3v) is 5.57. The summed E-state index contributed by atoms with van der Waals surface area (Å²) in [5.74, 6) is 1.39. The molecule has 1 aliphatic carbocycles. The van der Waals surface area contributed by atoms with E-state index in [2.05, 4.69) is 9.97 Å². The average molecular weight is 333 g/mol. The molecular weight excluding hydrogens is 310 g/mol. The Bertz CT molecular complexity index is 731. The highest BCUT2D eigenvalue weighted by Gasteiger charge is 2.17. The van der Waals surface area contributed by atoms with Crippen LogP contribution in [0, 0.1) is 5.92 Å². The van der Waals surface area contributed by atoms with Gasteiger partial charge in [-0.1, -0.05) is 32.1 Å². The summed E-state index contributed by atoms with van der Waals surface area (Å²) in [5, 5.41) is 1.86. The summed E-state index contributed by atoms with van der Waals surface area (Å²) in [5.41, 5.74) is 0.583. The highest BCUT2D eigenvalue weighted by atomic mass is 32.1. The second-order valence-electron chi connectivity index (χ2n) is 6.44. The van der Waals surface area contributed by atoms with Gasteiger partial charge in [-0.3, -0.25) is 9.59 Å². The van der Waals surface area contributed by atoms with Gasteiger partial charge in [0.25, 0.3) is 5.56 Å². The van der Waals surface area contributed by atoms with Crippen LogP contribution in [0.15, 0.2) is 16.2 Å². The maximum atomic E-state index is 12.3. The Morgan fingerprint density at radius 2 is 2.17 bits per heavy atom. The summed E-state index contributed by atoms with van der Waals surface area (Å²) < 4.78 is 0.639. The largest absolute Gasteiger partial charge is 0.338 e. The van der Waals surface area contributed by atoms with Crippen molar-refractivity contribution in [2.75, 3.05) is 7.05 Å². The first-order chi connectivity index (χ1) is 11.1. The van der Waals surface area contributed by atoms with E-state index in [1.807, 2.05) is 11.4 Å². The number of hydrogen-bond donors (Lipinski definition) is 1. The van der Waals surface area contributed by atoms with Crippen LogP contribution in [0.5, 0.6) is 0 Å². The SMILES string of the molecule is CN(Cc1nc2ccsc2c(=O)[nH]1)C(=O)CCC1CCCCC1. The number of carbonyl (C=O) groups excluding carboxylic acids is 1. The minimum atomic E-state index is -0.122. The number of rotatable bonds is 5. The van der Waals surface area contributed by atoms with Crippen LogP contribution in [-0.2, 0) is 11.3 Å². The van der Waals surface area contributed by atoms with Crippen molar-refractivity contribution in [1.82, 2.24) is 14.9 Å². The lowest BCUT2D eigenvalue weighted by Crippen LogP contribution is -2.28. The number of nitrogens with one attached hydrogen (secondary N) is 1. The van der Waals surface area contributed by atoms with Crippen LogP contribution in [-0.4, -0.2) is 27.8 Å². The van der Waals surface area contributed by atoms with Crippen LogP contribution >= 0.6 is 11.3 Å². The van der Waals surface area contributed by atoms with Crippen molar-refractivity contribution >= 4 is 27.5 Å². The molecule has 0 bridgehead atoms. The fourth-order valence-corrected chi connectivity index (χ4v) is 4.03. The van der Waals surface area contributed by atoms with Crippen molar-refractivity contribution in [3.8, 4) is 0 Å². The molecule has 1 aliphatic rings. The third kappa shape index (κ3) is 3.99. The molecule has 0 atom stereocenters. The molecule has 2 heterocycles. The molecule has 1 fully saturated rings. The van der Waals surface area contributed by atoms with Gasteiger partial charge in [0.15, 0.2) is 0 Å². The van der Waals surface area contributed by atoms with E-state index in [0.717, 1.165) is 6.42 Å². The quantitative estimate of drug-likeness (QED) is 0.913. The molecule has 6 heteroatoms. The monoisotopic (exact) mass is 333 g/mol. The Kier molecular flexibility index (Phi) is 5.10. The zero-order chi connectivity index (χ0) is 16.2. The van der Waals surface area contributed by atoms with Crippen LogP contribution < -0.4 is 5.56 Å². The Balaban J connectivity index is 1.57. The van der Waals surface area contributed by atoms with Crippen molar-refractivity contribution in [3.05, 3.63) is 27.6 Å². The summed E-state index contributed by atoms with van der Waals surface area (Å²) in [6.07, 6.45) is 8.06. The van der Waals surface area contributed by atoms with Crippen molar-refractivity contribution < 1.29 is 4.79 Å². The molecule has 5 nitrogen and oxygen atoms in total. The number of nitrogens with zero attached hydrogens (tertiary/aromatic N) is 2. The predicted molar refractivity (Wildman–Crippen MR) is 92.5 cm³/mol. The molecule has 0 aliphatic heterocycles. The molecule has 2 aromatic heterocycles. The molecular formula is C17H23N3O2S. The van der Waals surface area contributed by atoms with E-state index in [-0.39, 0.29) is 11.5 Å². The maximum absolute atomic E-state index is 12.3. The zero-order valence-electron chi connectivity index (χ0n) is 13.5. The maximum Gasteiger partial charge on any atom is 0.268 e. The topological polar surface area (TPSA) is 66.1 Å². The Morgan fingerprint density at radius 1 is 1.39 bits per heavy atom. The number of amides is 1. The Labute approximate surface area is 139 Å². The lowest BCUT2D eigenvalue weighted by atomic mass is 9.86. The van der Waals surface area contributed by atoms with Crippen LogP contribution in [0.4, 0.5) is 0 Å². The summed E-state index contributed by atoms with van der Waals surface area (Å²) >= 11 is 1.38. The minimum absolute atomic E-state index is 0.122. The molecule has 0 spiro atoms. The molecule has 124 valence electrons. The minimum Gasteiger partial charge on any atom is -0.338 e. The smallest absolute Gasteiger partial charge is 0.268 e. The Morgan fingerprint density at radius 3 is 2.96 bits per heavy atom. The summed E-state index contributed by atoms with van der Waals surface area (Å²) in [6, 6.07) is 1.84. The molecule has 0 unspecified atom stereocenters. The average Bonchev–Trinajstić information content (AvgIpc) is 3.02. The molecule has 2 aromatic rings. The van der Waals surface area contributed by atoms with Gasteiger partial charge in [0, 0.05) is 13.5 Å². The van der Waals surface area contributed by atoms with Gasteiger partial charge in [0.2, 0.25) is 5.91 Å². The second kappa shape index (κ2) is 7.25. The van der Waals surface area contributed by atoms with Crippen molar-refractivity contribution in [3.63, 3.8) is 0 Å². The number of fused-ring (bicyclic) bond motifs is 1. The first-order valence-corrected chi connectivity index (χ1v) is 9.22. The van der Waals surface area contributed by atoms with E-state index in [0.29, 0.717) is 34.9 Å². The molecule has 3 rings (SSSR count). The number of aromatic amines is 1. The van der Waals surface area contributed by atoms with Gasteiger partial charge in [-0.15, -0.1) is 11.3 Å². The van der Waals surface area contributed by atoms with Crippen LogP contribution in [0.2, 0.25) is 0 Å². The first kappa shape index (κ1) is 16.2. The second-order valence-corrected chi connectivity index (χ2v) is 7.36. The normalized spacial score (nSPS) is 15.9. The highest BCUT2D eigenvalue weighted by Crippen LogP contribution is 2.27. The fourth-order valence-electron chi connectivity index (χ4n) is 3.30.